The van der Waals surface area contributed by atoms with Gasteiger partial charge in [0, 0.05) is 13.1 Å². The van der Waals surface area contributed by atoms with Crippen molar-refractivity contribution in [2.24, 2.45) is 11.8 Å². The molecule has 0 N–H and O–H groups in total. The molecule has 1 aromatic heterocycles. The van der Waals surface area contributed by atoms with Gasteiger partial charge in [0.25, 0.3) is 0 Å². The summed E-state index contributed by atoms with van der Waals surface area (Å²) in [6.45, 7) is 5.97. The standard InChI is InChI=1S/C15H20N4/c1-10-11(2)17-18-15(14(10)7-16)19(8-12-3-4-12)9-13-5-6-13/h12-13H,3-6,8-9H2,1-2H3. The molecular formula is C15H20N4. The van der Waals surface area contributed by atoms with Gasteiger partial charge in [-0.2, -0.15) is 10.4 Å². The lowest BCUT2D eigenvalue weighted by atomic mass is 10.1. The van der Waals surface area contributed by atoms with Crippen molar-refractivity contribution in [2.75, 3.05) is 18.0 Å². The van der Waals surface area contributed by atoms with Crippen LogP contribution in [-0.2, 0) is 0 Å². The minimum atomic E-state index is 0.716. The average Bonchev–Trinajstić information content (AvgIpc) is 3.27. The van der Waals surface area contributed by atoms with Gasteiger partial charge in [-0.15, -0.1) is 5.10 Å². The molecule has 19 heavy (non-hydrogen) atoms. The Morgan fingerprint density at radius 2 is 1.68 bits per heavy atom. The normalized spacial score (nSPS) is 18.2. The van der Waals surface area contributed by atoms with Crippen LogP contribution in [0.5, 0.6) is 0 Å². The molecule has 2 saturated carbocycles. The Balaban J connectivity index is 1.91. The predicted octanol–water partition coefficient (Wildman–Crippen LogP) is 2.59. The van der Waals surface area contributed by atoms with Crippen LogP contribution < -0.4 is 4.90 Å². The average molecular weight is 256 g/mol. The van der Waals surface area contributed by atoms with Gasteiger partial charge in [0.2, 0.25) is 0 Å². The molecule has 0 unspecified atom stereocenters. The quantitative estimate of drug-likeness (QED) is 0.812. The molecule has 1 aromatic rings. The highest BCUT2D eigenvalue weighted by Crippen LogP contribution is 2.36. The smallest absolute Gasteiger partial charge is 0.169 e. The minimum absolute atomic E-state index is 0.716. The van der Waals surface area contributed by atoms with Crippen LogP contribution in [0.1, 0.15) is 42.5 Å². The van der Waals surface area contributed by atoms with Gasteiger partial charge in [0.1, 0.15) is 11.6 Å². The van der Waals surface area contributed by atoms with E-state index >= 15 is 0 Å². The van der Waals surface area contributed by atoms with Gasteiger partial charge in [-0.05, 0) is 56.9 Å². The summed E-state index contributed by atoms with van der Waals surface area (Å²) in [5.41, 5.74) is 2.55. The molecular weight excluding hydrogens is 236 g/mol. The van der Waals surface area contributed by atoms with Crippen LogP contribution in [0.25, 0.3) is 0 Å². The molecule has 0 aliphatic heterocycles. The van der Waals surface area contributed by atoms with E-state index in [1.165, 1.54) is 25.7 Å². The summed E-state index contributed by atoms with van der Waals surface area (Å²) >= 11 is 0. The lowest BCUT2D eigenvalue weighted by Crippen LogP contribution is -2.30. The van der Waals surface area contributed by atoms with E-state index in [0.29, 0.717) is 5.56 Å². The maximum absolute atomic E-state index is 9.43. The van der Waals surface area contributed by atoms with E-state index in [9.17, 15) is 5.26 Å². The Bertz CT molecular complexity index is 510. The van der Waals surface area contributed by atoms with E-state index in [2.05, 4.69) is 21.2 Å². The molecule has 100 valence electrons. The zero-order valence-electron chi connectivity index (χ0n) is 11.7. The van der Waals surface area contributed by atoms with Crippen molar-refractivity contribution < 1.29 is 0 Å². The number of nitrogens with zero attached hydrogens (tertiary/aromatic N) is 4. The molecule has 0 atom stereocenters. The molecule has 0 aromatic carbocycles. The number of aryl methyl sites for hydroxylation is 1. The summed E-state index contributed by atoms with van der Waals surface area (Å²) in [4.78, 5) is 2.31. The Morgan fingerprint density at radius 3 is 2.16 bits per heavy atom. The van der Waals surface area contributed by atoms with Gasteiger partial charge >= 0.3 is 0 Å². The lowest BCUT2D eigenvalue weighted by Gasteiger charge is -2.24. The molecule has 4 nitrogen and oxygen atoms in total. The summed E-state index contributed by atoms with van der Waals surface area (Å²) in [6.07, 6.45) is 5.28. The van der Waals surface area contributed by atoms with Crippen LogP contribution in [-0.4, -0.2) is 23.3 Å². The van der Waals surface area contributed by atoms with Crippen molar-refractivity contribution in [3.63, 3.8) is 0 Å². The molecule has 3 rings (SSSR count). The molecule has 0 amide bonds. The predicted molar refractivity (Wildman–Crippen MR) is 73.9 cm³/mol. The highest BCUT2D eigenvalue weighted by Gasteiger charge is 2.31. The highest BCUT2D eigenvalue weighted by atomic mass is 15.3. The third kappa shape index (κ3) is 2.70. The Morgan fingerprint density at radius 1 is 1.11 bits per heavy atom. The van der Waals surface area contributed by atoms with Crippen molar-refractivity contribution in [2.45, 2.75) is 39.5 Å². The van der Waals surface area contributed by atoms with Crippen LogP contribution >= 0.6 is 0 Å². The molecule has 2 aliphatic rings. The fourth-order valence-electron chi connectivity index (χ4n) is 2.42. The van der Waals surface area contributed by atoms with Gasteiger partial charge in [-0.3, -0.25) is 0 Å². The minimum Gasteiger partial charge on any atom is -0.353 e. The van der Waals surface area contributed by atoms with Crippen molar-refractivity contribution in [3.8, 4) is 6.07 Å². The van der Waals surface area contributed by atoms with Gasteiger partial charge in [0.05, 0.1) is 5.69 Å². The van der Waals surface area contributed by atoms with Crippen LogP contribution in [0.3, 0.4) is 0 Å². The summed E-state index contributed by atoms with van der Waals surface area (Å²) in [5, 5.41) is 18.0. The van der Waals surface area contributed by atoms with Gasteiger partial charge < -0.3 is 4.90 Å². The number of nitriles is 1. The number of aromatic nitrogens is 2. The number of anilines is 1. The summed E-state index contributed by atoms with van der Waals surface area (Å²) in [6, 6.07) is 2.33. The van der Waals surface area contributed by atoms with Crippen molar-refractivity contribution in [1.29, 1.82) is 5.26 Å². The Kier molecular flexibility index (Phi) is 3.14. The molecule has 0 spiro atoms. The third-order valence-electron chi connectivity index (χ3n) is 4.20. The summed E-state index contributed by atoms with van der Waals surface area (Å²) < 4.78 is 0. The highest BCUT2D eigenvalue weighted by molar-refractivity contribution is 5.57. The molecule has 0 radical (unpaired) electrons. The molecule has 0 saturated heterocycles. The molecule has 0 bridgehead atoms. The summed E-state index contributed by atoms with van der Waals surface area (Å²) in [5.74, 6) is 2.41. The van der Waals surface area contributed by atoms with E-state index in [0.717, 1.165) is 42.0 Å². The maximum Gasteiger partial charge on any atom is 0.169 e. The number of hydrogen-bond acceptors (Lipinski definition) is 4. The molecule has 1 heterocycles. The van der Waals surface area contributed by atoms with E-state index in [1.54, 1.807) is 0 Å². The molecule has 2 aliphatic carbocycles. The fourth-order valence-corrected chi connectivity index (χ4v) is 2.42. The van der Waals surface area contributed by atoms with E-state index in [4.69, 9.17) is 0 Å². The van der Waals surface area contributed by atoms with E-state index in [1.807, 2.05) is 13.8 Å². The van der Waals surface area contributed by atoms with Crippen LogP contribution in [0, 0.1) is 37.0 Å². The SMILES string of the molecule is Cc1nnc(N(CC2CC2)CC2CC2)c(C#N)c1C. The fraction of sp³-hybridized carbons (Fsp3) is 0.667. The number of rotatable bonds is 5. The van der Waals surface area contributed by atoms with Crippen molar-refractivity contribution in [1.82, 2.24) is 10.2 Å². The van der Waals surface area contributed by atoms with Crippen LogP contribution in [0.2, 0.25) is 0 Å². The largest absolute Gasteiger partial charge is 0.353 e. The second-order valence-corrected chi connectivity index (χ2v) is 6.01. The Hall–Kier alpha value is -1.63. The van der Waals surface area contributed by atoms with E-state index in [-0.39, 0.29) is 0 Å². The molecule has 4 heteroatoms. The van der Waals surface area contributed by atoms with Crippen LogP contribution in [0.15, 0.2) is 0 Å². The van der Waals surface area contributed by atoms with Crippen molar-refractivity contribution in [3.05, 3.63) is 16.8 Å². The van der Waals surface area contributed by atoms with Crippen LogP contribution in [0.4, 0.5) is 5.82 Å². The summed E-state index contributed by atoms with van der Waals surface area (Å²) in [7, 11) is 0. The molecule has 2 fully saturated rings. The monoisotopic (exact) mass is 256 g/mol. The second kappa shape index (κ2) is 4.80. The maximum atomic E-state index is 9.43. The zero-order valence-corrected chi connectivity index (χ0v) is 11.7. The topological polar surface area (TPSA) is 52.8 Å². The first kappa shape index (κ1) is 12.4. The van der Waals surface area contributed by atoms with Gasteiger partial charge in [-0.1, -0.05) is 0 Å². The van der Waals surface area contributed by atoms with Crippen molar-refractivity contribution >= 4 is 5.82 Å². The third-order valence-corrected chi connectivity index (χ3v) is 4.20. The lowest BCUT2D eigenvalue weighted by molar-refractivity contribution is 0.663. The van der Waals surface area contributed by atoms with E-state index < -0.39 is 0 Å². The first-order valence-electron chi connectivity index (χ1n) is 7.18. The second-order valence-electron chi connectivity index (χ2n) is 6.01. The zero-order chi connectivity index (χ0) is 13.4. The first-order valence-corrected chi connectivity index (χ1v) is 7.18. The number of hydrogen-bond donors (Lipinski definition) is 0. The Labute approximate surface area is 114 Å². The first-order chi connectivity index (χ1) is 9.19. The van der Waals surface area contributed by atoms with Gasteiger partial charge in [0.15, 0.2) is 5.82 Å². The van der Waals surface area contributed by atoms with Gasteiger partial charge in [-0.25, -0.2) is 0 Å².